The molecule has 2 aliphatic rings. The Bertz CT molecular complexity index is 698. The predicted molar refractivity (Wildman–Crippen MR) is 85.2 cm³/mol. The van der Waals surface area contributed by atoms with Gasteiger partial charge in [0.05, 0.1) is 17.6 Å². The molecule has 3 N–H and O–H groups in total. The number of halogens is 3. The molecule has 136 valence electrons. The molecule has 3 rings (SSSR count). The van der Waals surface area contributed by atoms with Crippen LogP contribution in [-0.2, 0) is 9.59 Å². The molecule has 1 saturated heterocycles. The van der Waals surface area contributed by atoms with Crippen LogP contribution in [-0.4, -0.2) is 31.4 Å². The molecular formula is C17H20F3N3O2. The molecule has 2 amide bonds. The number of rotatable bonds is 4. The number of anilines is 1. The van der Waals surface area contributed by atoms with Crippen molar-refractivity contribution in [2.75, 3.05) is 25.0 Å². The van der Waals surface area contributed by atoms with E-state index in [-0.39, 0.29) is 18.4 Å². The Balaban J connectivity index is 1.59. The summed E-state index contributed by atoms with van der Waals surface area (Å²) < 4.78 is 39.6. The van der Waals surface area contributed by atoms with Gasteiger partial charge in [0.25, 0.3) is 0 Å². The summed E-state index contributed by atoms with van der Waals surface area (Å²) >= 11 is 0. The largest absolute Gasteiger partial charge is 0.346 e. The van der Waals surface area contributed by atoms with Crippen molar-refractivity contribution in [3.05, 3.63) is 29.6 Å². The van der Waals surface area contributed by atoms with Crippen LogP contribution in [0.25, 0.3) is 0 Å². The number of hydrogen-bond donors (Lipinski definition) is 3. The zero-order valence-corrected chi connectivity index (χ0v) is 13.6. The van der Waals surface area contributed by atoms with Crippen LogP contribution in [0.2, 0.25) is 0 Å². The fraction of sp³-hybridized carbons (Fsp3) is 0.529. The van der Waals surface area contributed by atoms with Crippen LogP contribution in [0.3, 0.4) is 0 Å². The van der Waals surface area contributed by atoms with E-state index in [2.05, 4.69) is 16.0 Å². The SMILES string of the molecule is O=C(CNC(=O)[C@@]12CCCC[C@H]1CNC2)Nc1ccc(F)c(F)c1F. The maximum absolute atomic E-state index is 13.6. The standard InChI is InChI=1S/C17H20F3N3O2/c18-11-4-5-12(15(20)14(11)19)23-13(24)8-22-16(25)17-6-2-1-3-10(17)7-21-9-17/h4-5,10,21H,1-3,6-9H2,(H,22,25)(H,23,24)/t10-,17+/m0/s1. The van der Waals surface area contributed by atoms with Crippen molar-refractivity contribution < 1.29 is 22.8 Å². The maximum Gasteiger partial charge on any atom is 0.243 e. The number of nitrogens with one attached hydrogen (secondary N) is 3. The van der Waals surface area contributed by atoms with Gasteiger partial charge in [-0.05, 0) is 37.4 Å². The molecule has 1 aliphatic heterocycles. The van der Waals surface area contributed by atoms with Gasteiger partial charge in [-0.25, -0.2) is 13.2 Å². The topological polar surface area (TPSA) is 70.2 Å². The molecule has 5 nitrogen and oxygen atoms in total. The molecule has 2 atom stereocenters. The van der Waals surface area contributed by atoms with Crippen LogP contribution >= 0.6 is 0 Å². The van der Waals surface area contributed by atoms with Gasteiger partial charge in [-0.1, -0.05) is 12.8 Å². The van der Waals surface area contributed by atoms with Crippen molar-refractivity contribution in [1.29, 1.82) is 0 Å². The van der Waals surface area contributed by atoms with Gasteiger partial charge in [-0.2, -0.15) is 0 Å². The van der Waals surface area contributed by atoms with Gasteiger partial charge in [-0.15, -0.1) is 0 Å². The normalized spacial score (nSPS) is 25.3. The average molecular weight is 355 g/mol. The number of amides is 2. The Morgan fingerprint density at radius 2 is 2.00 bits per heavy atom. The third-order valence-electron chi connectivity index (χ3n) is 5.21. The van der Waals surface area contributed by atoms with Gasteiger partial charge in [0, 0.05) is 6.54 Å². The number of hydrogen-bond acceptors (Lipinski definition) is 3. The van der Waals surface area contributed by atoms with E-state index in [1.54, 1.807) is 0 Å². The van der Waals surface area contributed by atoms with Crippen molar-refractivity contribution in [2.24, 2.45) is 11.3 Å². The first-order valence-corrected chi connectivity index (χ1v) is 8.36. The van der Waals surface area contributed by atoms with Crippen molar-refractivity contribution in [1.82, 2.24) is 10.6 Å². The van der Waals surface area contributed by atoms with E-state index in [1.165, 1.54) is 0 Å². The average Bonchev–Trinajstić information content (AvgIpc) is 3.05. The van der Waals surface area contributed by atoms with E-state index < -0.39 is 34.5 Å². The lowest BCUT2D eigenvalue weighted by Gasteiger charge is -2.37. The zero-order valence-electron chi connectivity index (χ0n) is 13.6. The highest BCUT2D eigenvalue weighted by Crippen LogP contribution is 2.43. The van der Waals surface area contributed by atoms with E-state index in [0.29, 0.717) is 6.54 Å². The molecule has 0 spiro atoms. The number of carbonyl (C=O) groups excluding carboxylic acids is 2. The van der Waals surface area contributed by atoms with E-state index in [9.17, 15) is 22.8 Å². The van der Waals surface area contributed by atoms with Gasteiger partial charge >= 0.3 is 0 Å². The Hall–Kier alpha value is -2.09. The summed E-state index contributed by atoms with van der Waals surface area (Å²) in [7, 11) is 0. The Morgan fingerprint density at radius 1 is 1.20 bits per heavy atom. The molecule has 1 aromatic carbocycles. The lowest BCUT2D eigenvalue weighted by atomic mass is 9.67. The molecule has 1 heterocycles. The molecule has 25 heavy (non-hydrogen) atoms. The lowest BCUT2D eigenvalue weighted by molar-refractivity contribution is -0.135. The van der Waals surface area contributed by atoms with Crippen LogP contribution in [0.15, 0.2) is 12.1 Å². The summed E-state index contributed by atoms with van der Waals surface area (Å²) in [5.74, 6) is -5.09. The zero-order chi connectivity index (χ0) is 18.0. The monoisotopic (exact) mass is 355 g/mol. The molecule has 0 bridgehead atoms. The second-order valence-electron chi connectivity index (χ2n) is 6.68. The lowest BCUT2D eigenvalue weighted by Crippen LogP contribution is -2.49. The maximum atomic E-state index is 13.6. The summed E-state index contributed by atoms with van der Waals surface area (Å²) in [5.41, 5.74) is -0.958. The highest BCUT2D eigenvalue weighted by Gasteiger charge is 2.49. The first kappa shape index (κ1) is 17.7. The fourth-order valence-electron chi connectivity index (χ4n) is 3.84. The van der Waals surface area contributed by atoms with Gasteiger partial charge in [0.1, 0.15) is 0 Å². The molecule has 0 unspecified atom stereocenters. The number of benzene rings is 1. The summed E-state index contributed by atoms with van der Waals surface area (Å²) in [4.78, 5) is 24.5. The first-order chi connectivity index (χ1) is 11.9. The van der Waals surface area contributed by atoms with Crippen molar-refractivity contribution >= 4 is 17.5 Å². The second kappa shape index (κ2) is 7.03. The molecule has 1 aliphatic carbocycles. The fourth-order valence-corrected chi connectivity index (χ4v) is 3.84. The van der Waals surface area contributed by atoms with Crippen molar-refractivity contribution in [2.45, 2.75) is 25.7 Å². The van der Waals surface area contributed by atoms with Crippen LogP contribution in [0.4, 0.5) is 18.9 Å². The van der Waals surface area contributed by atoms with Crippen molar-refractivity contribution in [3.8, 4) is 0 Å². The van der Waals surface area contributed by atoms with E-state index in [0.717, 1.165) is 44.4 Å². The van der Waals surface area contributed by atoms with E-state index in [1.807, 2.05) is 0 Å². The molecule has 0 radical (unpaired) electrons. The number of fused-ring (bicyclic) bond motifs is 1. The summed E-state index contributed by atoms with van der Waals surface area (Å²) in [6.07, 6.45) is 3.82. The molecule has 8 heteroatoms. The summed E-state index contributed by atoms with van der Waals surface area (Å²) in [6.45, 7) is 1.02. The van der Waals surface area contributed by atoms with Gasteiger partial charge in [-0.3, -0.25) is 9.59 Å². The van der Waals surface area contributed by atoms with Crippen molar-refractivity contribution in [3.63, 3.8) is 0 Å². The Kier molecular flexibility index (Phi) is 4.99. The second-order valence-corrected chi connectivity index (χ2v) is 6.68. The highest BCUT2D eigenvalue weighted by atomic mass is 19.2. The van der Waals surface area contributed by atoms with Gasteiger partial charge in [0.15, 0.2) is 17.5 Å². The smallest absolute Gasteiger partial charge is 0.243 e. The highest BCUT2D eigenvalue weighted by molar-refractivity contribution is 5.95. The minimum Gasteiger partial charge on any atom is -0.346 e. The Morgan fingerprint density at radius 3 is 2.80 bits per heavy atom. The Labute approximate surface area is 143 Å². The van der Waals surface area contributed by atoms with Crippen LogP contribution in [0, 0.1) is 28.8 Å². The number of carbonyl (C=O) groups is 2. The quantitative estimate of drug-likeness (QED) is 0.723. The van der Waals surface area contributed by atoms with Crippen LogP contribution in [0.5, 0.6) is 0 Å². The summed E-state index contributed by atoms with van der Waals surface area (Å²) in [6, 6.07) is 1.66. The minimum atomic E-state index is -1.65. The molecule has 1 aromatic rings. The van der Waals surface area contributed by atoms with E-state index >= 15 is 0 Å². The van der Waals surface area contributed by atoms with Crippen LogP contribution in [0.1, 0.15) is 25.7 Å². The minimum absolute atomic E-state index is 0.192. The van der Waals surface area contributed by atoms with Crippen LogP contribution < -0.4 is 16.0 Å². The summed E-state index contributed by atoms with van der Waals surface area (Å²) in [5, 5.41) is 7.99. The van der Waals surface area contributed by atoms with Gasteiger partial charge < -0.3 is 16.0 Å². The third kappa shape index (κ3) is 3.35. The van der Waals surface area contributed by atoms with Gasteiger partial charge in [0.2, 0.25) is 11.8 Å². The third-order valence-corrected chi connectivity index (χ3v) is 5.21. The molecule has 1 saturated carbocycles. The predicted octanol–water partition coefficient (Wildman–Crippen LogP) is 1.94. The van der Waals surface area contributed by atoms with E-state index in [4.69, 9.17) is 0 Å². The molecular weight excluding hydrogens is 335 g/mol. The first-order valence-electron chi connectivity index (χ1n) is 8.36. The molecule has 0 aromatic heterocycles. The molecule has 2 fully saturated rings.